The summed E-state index contributed by atoms with van der Waals surface area (Å²) in [5, 5.41) is 18.9. The van der Waals surface area contributed by atoms with Crippen molar-refractivity contribution in [3.63, 3.8) is 0 Å². The van der Waals surface area contributed by atoms with Crippen LogP contribution in [-0.2, 0) is 14.6 Å². The molecule has 2 aromatic rings. The lowest BCUT2D eigenvalue weighted by Gasteiger charge is -2.20. The molecule has 1 aliphatic rings. The third-order valence-electron chi connectivity index (χ3n) is 4.97. The second-order valence-corrected chi connectivity index (χ2v) is 10.9. The molecule has 2 heterocycles. The topological polar surface area (TPSA) is 129 Å². The van der Waals surface area contributed by atoms with Crippen molar-refractivity contribution >= 4 is 27.5 Å². The maximum atomic E-state index is 12.9. The average Bonchev–Trinajstić information content (AvgIpc) is 3.00. The van der Waals surface area contributed by atoms with Gasteiger partial charge >= 0.3 is 17.7 Å². The Morgan fingerprint density at radius 3 is 2.39 bits per heavy atom. The van der Waals surface area contributed by atoms with Crippen LogP contribution in [0.25, 0.3) is 11.1 Å². The van der Waals surface area contributed by atoms with Crippen molar-refractivity contribution < 1.29 is 27.5 Å². The fourth-order valence-electron chi connectivity index (χ4n) is 3.28. The van der Waals surface area contributed by atoms with Crippen molar-refractivity contribution in [2.75, 3.05) is 11.1 Å². The van der Waals surface area contributed by atoms with Gasteiger partial charge in [-0.15, -0.1) is 0 Å². The average molecular weight is 474 g/mol. The summed E-state index contributed by atoms with van der Waals surface area (Å²) in [5.74, 6) is -1.12. The zero-order valence-corrected chi connectivity index (χ0v) is 19.9. The van der Waals surface area contributed by atoms with E-state index in [-0.39, 0.29) is 17.1 Å². The first-order chi connectivity index (χ1) is 15.2. The SMILES string of the molecule is Cc1ccc(-c2cc(NC(=O)OC(C)(C)C)c(C(=O)N[C@@H]3C=CS(=O)(=O)C3)[n+]([O-])c2)cc1C. The maximum Gasteiger partial charge on any atom is 0.412 e. The standard InChI is InChI=1S/C23H27N3O6S/c1-14-6-7-16(10-15(14)2)17-11-19(25-22(28)32-23(3,4)5)20(26(29)12-17)21(27)24-18-8-9-33(30,31)13-18/h6-12,18H,13H2,1-5H3,(H,24,27)(H,25,28)/t18-/m1/s1. The molecule has 10 heteroatoms. The molecule has 0 spiro atoms. The van der Waals surface area contributed by atoms with Crippen molar-refractivity contribution in [2.45, 2.75) is 46.3 Å². The van der Waals surface area contributed by atoms with Gasteiger partial charge in [0.2, 0.25) is 0 Å². The van der Waals surface area contributed by atoms with Crippen LogP contribution in [0.5, 0.6) is 0 Å². The normalized spacial score (nSPS) is 16.9. The minimum Gasteiger partial charge on any atom is -0.618 e. The number of nitrogens with zero attached hydrogens (tertiary/aromatic N) is 1. The van der Waals surface area contributed by atoms with Gasteiger partial charge in [-0.05, 0) is 63.5 Å². The smallest absolute Gasteiger partial charge is 0.412 e. The maximum absolute atomic E-state index is 12.9. The van der Waals surface area contributed by atoms with Crippen LogP contribution in [0.3, 0.4) is 0 Å². The predicted octanol–water partition coefficient (Wildman–Crippen LogP) is 2.99. The molecule has 0 unspecified atom stereocenters. The summed E-state index contributed by atoms with van der Waals surface area (Å²) in [5.41, 5.74) is 2.07. The van der Waals surface area contributed by atoms with E-state index >= 15 is 0 Å². The van der Waals surface area contributed by atoms with E-state index in [1.807, 2.05) is 32.0 Å². The van der Waals surface area contributed by atoms with Gasteiger partial charge in [0.05, 0.1) is 11.8 Å². The van der Waals surface area contributed by atoms with Crippen LogP contribution < -0.4 is 15.4 Å². The third kappa shape index (κ3) is 6.10. The van der Waals surface area contributed by atoms with Gasteiger partial charge in [-0.3, -0.25) is 10.1 Å². The lowest BCUT2D eigenvalue weighted by atomic mass is 10.0. The summed E-state index contributed by atoms with van der Waals surface area (Å²) in [6.07, 6.45) is 1.74. The van der Waals surface area contributed by atoms with Crippen LogP contribution in [0.2, 0.25) is 0 Å². The third-order valence-corrected chi connectivity index (χ3v) is 6.36. The molecule has 1 aliphatic heterocycles. The number of pyridine rings is 1. The second-order valence-electron chi connectivity index (χ2n) is 8.98. The molecular formula is C23H27N3O6S. The summed E-state index contributed by atoms with van der Waals surface area (Å²) >= 11 is 0. The number of anilines is 1. The summed E-state index contributed by atoms with van der Waals surface area (Å²) in [6.45, 7) is 8.97. The van der Waals surface area contributed by atoms with Crippen LogP contribution in [0.1, 0.15) is 42.4 Å². The van der Waals surface area contributed by atoms with Gasteiger partial charge in [-0.1, -0.05) is 18.2 Å². The monoisotopic (exact) mass is 473 g/mol. The van der Waals surface area contributed by atoms with Crippen LogP contribution in [0.15, 0.2) is 41.9 Å². The number of sulfone groups is 1. The number of carbonyl (C=O) groups excluding carboxylic acids is 2. The second kappa shape index (κ2) is 8.86. The van der Waals surface area contributed by atoms with Gasteiger partial charge in [-0.25, -0.2) is 13.2 Å². The first kappa shape index (κ1) is 24.2. The predicted molar refractivity (Wildman–Crippen MR) is 124 cm³/mol. The Labute approximate surface area is 193 Å². The Hall–Kier alpha value is -3.40. The van der Waals surface area contributed by atoms with E-state index in [1.54, 1.807) is 20.8 Å². The van der Waals surface area contributed by atoms with Crippen molar-refractivity contribution in [3.8, 4) is 11.1 Å². The highest BCUT2D eigenvalue weighted by Gasteiger charge is 2.30. The summed E-state index contributed by atoms with van der Waals surface area (Å²) < 4.78 is 28.9. The first-order valence-corrected chi connectivity index (χ1v) is 12.0. The number of rotatable bonds is 4. The van der Waals surface area contributed by atoms with E-state index in [0.29, 0.717) is 10.3 Å². The Kier molecular flexibility index (Phi) is 6.51. The summed E-state index contributed by atoms with van der Waals surface area (Å²) in [7, 11) is -3.40. The van der Waals surface area contributed by atoms with Crippen molar-refractivity contribution in [3.05, 3.63) is 64.0 Å². The molecule has 1 atom stereocenters. The lowest BCUT2D eigenvalue weighted by Crippen LogP contribution is -2.44. The van der Waals surface area contributed by atoms with E-state index in [4.69, 9.17) is 4.74 Å². The van der Waals surface area contributed by atoms with Crippen LogP contribution in [-0.4, -0.2) is 37.8 Å². The highest BCUT2D eigenvalue weighted by Crippen LogP contribution is 2.26. The van der Waals surface area contributed by atoms with E-state index in [0.717, 1.165) is 22.1 Å². The largest absolute Gasteiger partial charge is 0.618 e. The van der Waals surface area contributed by atoms with Crippen LogP contribution in [0, 0.1) is 19.1 Å². The number of aromatic nitrogens is 1. The molecule has 0 radical (unpaired) electrons. The molecule has 2 N–H and O–H groups in total. The lowest BCUT2D eigenvalue weighted by molar-refractivity contribution is -0.606. The minimum atomic E-state index is -3.40. The molecule has 0 saturated carbocycles. The summed E-state index contributed by atoms with van der Waals surface area (Å²) in [4.78, 5) is 25.3. The first-order valence-electron chi connectivity index (χ1n) is 10.3. The number of carbonyl (C=O) groups is 2. The Bertz CT molecular complexity index is 1250. The van der Waals surface area contributed by atoms with Gasteiger partial charge in [0, 0.05) is 11.0 Å². The zero-order valence-electron chi connectivity index (χ0n) is 19.1. The van der Waals surface area contributed by atoms with E-state index in [9.17, 15) is 23.2 Å². The zero-order chi connectivity index (χ0) is 24.6. The minimum absolute atomic E-state index is 0.0580. The van der Waals surface area contributed by atoms with Gasteiger partial charge in [0.25, 0.3) is 0 Å². The molecule has 3 rings (SSSR count). The fraction of sp³-hybridized carbons (Fsp3) is 0.348. The van der Waals surface area contributed by atoms with Crippen molar-refractivity contribution in [1.82, 2.24) is 5.32 Å². The van der Waals surface area contributed by atoms with E-state index in [1.165, 1.54) is 18.3 Å². The number of ether oxygens (including phenoxy) is 1. The van der Waals surface area contributed by atoms with E-state index in [2.05, 4.69) is 10.6 Å². The molecule has 0 fully saturated rings. The highest BCUT2D eigenvalue weighted by molar-refractivity contribution is 7.94. The Morgan fingerprint density at radius 2 is 1.82 bits per heavy atom. The van der Waals surface area contributed by atoms with Gasteiger partial charge in [0.15, 0.2) is 16.0 Å². The molecule has 1 aromatic carbocycles. The van der Waals surface area contributed by atoms with Crippen molar-refractivity contribution in [2.24, 2.45) is 0 Å². The number of aryl methyl sites for hydroxylation is 2. The molecule has 0 bridgehead atoms. The van der Waals surface area contributed by atoms with E-state index < -0.39 is 33.5 Å². The molecule has 1 aromatic heterocycles. The molecule has 176 valence electrons. The Balaban J connectivity index is 2.01. The van der Waals surface area contributed by atoms with Crippen molar-refractivity contribution in [1.29, 1.82) is 0 Å². The quantitative estimate of drug-likeness (QED) is 0.519. The molecular weight excluding hydrogens is 446 g/mol. The molecule has 33 heavy (non-hydrogen) atoms. The fourth-order valence-corrected chi connectivity index (χ4v) is 4.52. The summed E-state index contributed by atoms with van der Waals surface area (Å²) in [6, 6.07) is 6.38. The highest BCUT2D eigenvalue weighted by atomic mass is 32.2. The number of nitrogens with one attached hydrogen (secondary N) is 2. The van der Waals surface area contributed by atoms with Gasteiger partial charge in [-0.2, -0.15) is 4.73 Å². The van der Waals surface area contributed by atoms with Crippen LogP contribution in [0.4, 0.5) is 10.5 Å². The van der Waals surface area contributed by atoms with Gasteiger partial charge < -0.3 is 15.3 Å². The number of hydrogen-bond acceptors (Lipinski definition) is 6. The van der Waals surface area contributed by atoms with Gasteiger partial charge in [0.1, 0.15) is 11.3 Å². The molecule has 0 saturated heterocycles. The van der Waals surface area contributed by atoms with Crippen LogP contribution >= 0.6 is 0 Å². The molecule has 9 nitrogen and oxygen atoms in total. The number of benzene rings is 1. The number of amides is 2. The molecule has 0 aliphatic carbocycles. The Morgan fingerprint density at radius 1 is 1.12 bits per heavy atom. The molecule has 2 amide bonds. The number of hydrogen-bond donors (Lipinski definition) is 2.